The molecule has 1 aromatic heterocycles. The normalized spacial score (nSPS) is 18.1. The van der Waals surface area contributed by atoms with Crippen molar-refractivity contribution in [3.8, 4) is 0 Å². The summed E-state index contributed by atoms with van der Waals surface area (Å²) in [5.74, 6) is 2.05. The van der Waals surface area contributed by atoms with Gasteiger partial charge in [-0.3, -0.25) is 4.79 Å². The lowest BCUT2D eigenvalue weighted by Gasteiger charge is -2.23. The highest BCUT2D eigenvalue weighted by molar-refractivity contribution is 5.79. The maximum Gasteiger partial charge on any atom is 0.133 e. The molecule has 0 aromatic carbocycles. The first-order valence-electron chi connectivity index (χ1n) is 7.04. The lowest BCUT2D eigenvalue weighted by atomic mass is 9.94. The van der Waals surface area contributed by atoms with Crippen molar-refractivity contribution in [1.29, 1.82) is 0 Å². The maximum atomic E-state index is 11.2. The van der Waals surface area contributed by atoms with Crippen LogP contribution in [-0.4, -0.2) is 27.8 Å². The Morgan fingerprint density at radius 1 is 1.32 bits per heavy atom. The van der Waals surface area contributed by atoms with E-state index in [2.05, 4.69) is 34.4 Å². The quantitative estimate of drug-likeness (QED) is 0.853. The SMILES string of the molecule is CCC(C)Nc1cc(NC2CCC(=O)CC2)ncn1. The Kier molecular flexibility index (Phi) is 4.71. The Labute approximate surface area is 114 Å². The van der Waals surface area contributed by atoms with E-state index in [1.54, 1.807) is 6.33 Å². The summed E-state index contributed by atoms with van der Waals surface area (Å²) in [5, 5.41) is 6.72. The first-order chi connectivity index (χ1) is 9.17. The molecule has 1 atom stereocenters. The lowest BCUT2D eigenvalue weighted by Crippen LogP contribution is -2.26. The zero-order valence-corrected chi connectivity index (χ0v) is 11.6. The molecule has 19 heavy (non-hydrogen) atoms. The lowest BCUT2D eigenvalue weighted by molar-refractivity contribution is -0.120. The van der Waals surface area contributed by atoms with Crippen LogP contribution >= 0.6 is 0 Å². The van der Waals surface area contributed by atoms with Crippen LogP contribution in [0.4, 0.5) is 11.6 Å². The van der Waals surface area contributed by atoms with Crippen molar-refractivity contribution >= 4 is 17.4 Å². The van der Waals surface area contributed by atoms with Gasteiger partial charge in [-0.25, -0.2) is 9.97 Å². The number of aromatic nitrogens is 2. The van der Waals surface area contributed by atoms with Crippen molar-refractivity contribution in [2.45, 2.75) is 58.0 Å². The highest BCUT2D eigenvalue weighted by Gasteiger charge is 2.18. The molecule has 2 N–H and O–H groups in total. The second-order valence-corrected chi connectivity index (χ2v) is 5.20. The van der Waals surface area contributed by atoms with Crippen LogP contribution < -0.4 is 10.6 Å². The van der Waals surface area contributed by atoms with Gasteiger partial charge in [-0.05, 0) is 26.2 Å². The predicted octanol–water partition coefficient (Wildman–Crippen LogP) is 2.61. The van der Waals surface area contributed by atoms with E-state index in [4.69, 9.17) is 0 Å². The topological polar surface area (TPSA) is 66.9 Å². The molecule has 0 aliphatic heterocycles. The molecular formula is C14H22N4O. The molecule has 2 rings (SSSR count). The number of nitrogens with one attached hydrogen (secondary N) is 2. The van der Waals surface area contributed by atoms with E-state index >= 15 is 0 Å². The monoisotopic (exact) mass is 262 g/mol. The number of Topliss-reactive ketones (excluding diaryl/α,β-unsaturated/α-hetero) is 1. The van der Waals surface area contributed by atoms with Crippen LogP contribution in [0, 0.1) is 0 Å². The Bertz CT molecular complexity index is 425. The van der Waals surface area contributed by atoms with Crippen LogP contribution in [0.15, 0.2) is 12.4 Å². The zero-order valence-electron chi connectivity index (χ0n) is 11.6. The summed E-state index contributed by atoms with van der Waals surface area (Å²) in [4.78, 5) is 19.7. The third-order valence-electron chi connectivity index (χ3n) is 3.57. The summed E-state index contributed by atoms with van der Waals surface area (Å²) in [7, 11) is 0. The second kappa shape index (κ2) is 6.50. The number of hydrogen-bond acceptors (Lipinski definition) is 5. The number of anilines is 2. The molecule has 0 saturated heterocycles. The van der Waals surface area contributed by atoms with Gasteiger partial charge in [-0.2, -0.15) is 0 Å². The number of carbonyl (C=O) groups excluding carboxylic acids is 1. The van der Waals surface area contributed by atoms with Crippen molar-refractivity contribution in [2.75, 3.05) is 10.6 Å². The number of hydrogen-bond donors (Lipinski definition) is 2. The Hall–Kier alpha value is -1.65. The fraction of sp³-hybridized carbons (Fsp3) is 0.643. The smallest absolute Gasteiger partial charge is 0.133 e. The van der Waals surface area contributed by atoms with Gasteiger partial charge in [-0.1, -0.05) is 6.92 Å². The van der Waals surface area contributed by atoms with Crippen LogP contribution in [-0.2, 0) is 4.79 Å². The van der Waals surface area contributed by atoms with Gasteiger partial charge >= 0.3 is 0 Å². The molecular weight excluding hydrogens is 240 g/mol. The van der Waals surface area contributed by atoms with Crippen LogP contribution in [0.5, 0.6) is 0 Å². The van der Waals surface area contributed by atoms with Crippen molar-refractivity contribution < 1.29 is 4.79 Å². The molecule has 0 amide bonds. The molecule has 0 bridgehead atoms. The third-order valence-corrected chi connectivity index (χ3v) is 3.57. The third kappa shape index (κ3) is 4.19. The summed E-state index contributed by atoms with van der Waals surface area (Å²) < 4.78 is 0. The largest absolute Gasteiger partial charge is 0.367 e. The molecule has 1 fully saturated rings. The summed E-state index contributed by atoms with van der Waals surface area (Å²) >= 11 is 0. The molecule has 1 saturated carbocycles. The Balaban J connectivity index is 1.93. The molecule has 1 aliphatic rings. The van der Waals surface area contributed by atoms with Gasteiger partial charge in [0.15, 0.2) is 0 Å². The van der Waals surface area contributed by atoms with E-state index in [1.165, 1.54) is 0 Å². The van der Waals surface area contributed by atoms with Gasteiger partial charge < -0.3 is 10.6 Å². The molecule has 0 radical (unpaired) electrons. The highest BCUT2D eigenvalue weighted by atomic mass is 16.1. The summed E-state index contributed by atoms with van der Waals surface area (Å²) in [6.07, 6.45) is 5.79. The van der Waals surface area contributed by atoms with Crippen molar-refractivity contribution in [2.24, 2.45) is 0 Å². The fourth-order valence-electron chi connectivity index (χ4n) is 2.16. The number of ketones is 1. The molecule has 0 spiro atoms. The van der Waals surface area contributed by atoms with E-state index in [0.717, 1.165) is 30.9 Å². The number of rotatable bonds is 5. The number of nitrogens with zero attached hydrogens (tertiary/aromatic N) is 2. The molecule has 1 aromatic rings. The molecule has 1 aliphatic carbocycles. The van der Waals surface area contributed by atoms with Gasteiger partial charge in [0.2, 0.25) is 0 Å². The van der Waals surface area contributed by atoms with Crippen molar-refractivity contribution in [3.05, 3.63) is 12.4 Å². The Morgan fingerprint density at radius 2 is 2.00 bits per heavy atom. The van der Waals surface area contributed by atoms with Crippen LogP contribution in [0.25, 0.3) is 0 Å². The minimum absolute atomic E-state index is 0.351. The van der Waals surface area contributed by atoms with Crippen molar-refractivity contribution in [1.82, 2.24) is 9.97 Å². The molecule has 1 unspecified atom stereocenters. The maximum absolute atomic E-state index is 11.2. The average Bonchev–Trinajstić information content (AvgIpc) is 2.42. The van der Waals surface area contributed by atoms with Crippen LogP contribution in [0.1, 0.15) is 46.0 Å². The Morgan fingerprint density at radius 3 is 2.68 bits per heavy atom. The van der Waals surface area contributed by atoms with Gasteiger partial charge in [0.25, 0.3) is 0 Å². The van der Waals surface area contributed by atoms with Crippen LogP contribution in [0.2, 0.25) is 0 Å². The number of carbonyl (C=O) groups is 1. The van der Waals surface area contributed by atoms with Crippen LogP contribution in [0.3, 0.4) is 0 Å². The average molecular weight is 262 g/mol. The fourth-order valence-corrected chi connectivity index (χ4v) is 2.16. The summed E-state index contributed by atoms with van der Waals surface area (Å²) in [6, 6.07) is 2.68. The first-order valence-corrected chi connectivity index (χ1v) is 7.04. The standard InChI is InChI=1S/C14H22N4O/c1-3-10(2)17-13-8-14(16-9-15-13)18-11-4-6-12(19)7-5-11/h8-11H,3-7H2,1-2H3,(H2,15,16,17,18). The molecule has 5 heteroatoms. The minimum Gasteiger partial charge on any atom is -0.367 e. The summed E-state index contributed by atoms with van der Waals surface area (Å²) in [5.41, 5.74) is 0. The van der Waals surface area contributed by atoms with E-state index in [0.29, 0.717) is 30.7 Å². The minimum atomic E-state index is 0.351. The van der Waals surface area contributed by atoms with Crippen molar-refractivity contribution in [3.63, 3.8) is 0 Å². The summed E-state index contributed by atoms with van der Waals surface area (Å²) in [6.45, 7) is 4.26. The van der Waals surface area contributed by atoms with Gasteiger partial charge in [-0.15, -0.1) is 0 Å². The molecule has 5 nitrogen and oxygen atoms in total. The van der Waals surface area contributed by atoms with E-state index in [1.807, 2.05) is 6.07 Å². The molecule has 104 valence electrons. The van der Waals surface area contributed by atoms with Gasteiger partial charge in [0.05, 0.1) is 0 Å². The zero-order chi connectivity index (χ0) is 13.7. The van der Waals surface area contributed by atoms with Gasteiger partial charge in [0.1, 0.15) is 23.7 Å². The predicted molar refractivity (Wildman–Crippen MR) is 76.3 cm³/mol. The van der Waals surface area contributed by atoms with E-state index in [9.17, 15) is 4.79 Å². The van der Waals surface area contributed by atoms with E-state index in [-0.39, 0.29) is 0 Å². The van der Waals surface area contributed by atoms with Gasteiger partial charge in [0, 0.05) is 31.0 Å². The molecule has 1 heterocycles. The second-order valence-electron chi connectivity index (χ2n) is 5.20. The highest BCUT2D eigenvalue weighted by Crippen LogP contribution is 2.19. The first kappa shape index (κ1) is 13.8. The van der Waals surface area contributed by atoms with E-state index < -0.39 is 0 Å².